The van der Waals surface area contributed by atoms with Crippen molar-refractivity contribution in [3.63, 3.8) is 0 Å². The highest BCUT2D eigenvalue weighted by Gasteiger charge is 2.36. The molecule has 9 N–H and O–H groups in total. The van der Waals surface area contributed by atoms with Gasteiger partial charge in [-0.1, -0.05) is 0 Å². The summed E-state index contributed by atoms with van der Waals surface area (Å²) in [5.41, 5.74) is 0. The van der Waals surface area contributed by atoms with Crippen LogP contribution in [0.3, 0.4) is 0 Å². The van der Waals surface area contributed by atoms with Crippen molar-refractivity contribution in [1.29, 1.82) is 0 Å². The molecule has 0 fully saturated rings. The molecule has 0 saturated heterocycles. The molecule has 250 valence electrons. The monoisotopic (exact) mass is 723 g/mol. The summed E-state index contributed by atoms with van der Waals surface area (Å²) in [5, 5.41) is 8.78. The Morgan fingerprint density at radius 2 is 0.791 bits per heavy atom. The van der Waals surface area contributed by atoms with E-state index in [1.165, 1.54) is 6.92 Å². The molecule has 0 aliphatic carbocycles. The van der Waals surface area contributed by atoms with Gasteiger partial charge in [-0.15, -0.1) is 0 Å². The van der Waals surface area contributed by atoms with Crippen molar-refractivity contribution >= 4 is 82.6 Å². The fourth-order valence-electron chi connectivity index (χ4n) is 2.93. The molecule has 0 unspecified atom stereocenters. The third-order valence-corrected chi connectivity index (χ3v) is 7.86. The maximum absolute atomic E-state index is 12.9. The molecule has 4 atom stereocenters. The molecule has 0 radical (unpaired) electrons. The van der Waals surface area contributed by atoms with Crippen molar-refractivity contribution in [2.24, 2.45) is 0 Å². The van der Waals surface area contributed by atoms with E-state index in [0.717, 1.165) is 0 Å². The van der Waals surface area contributed by atoms with Crippen LogP contribution in [0.25, 0.3) is 0 Å². The quantitative estimate of drug-likeness (QED) is 0.0464. The van der Waals surface area contributed by atoms with Crippen molar-refractivity contribution in [2.45, 2.75) is 31.1 Å². The average molecular weight is 724 g/mol. The summed E-state index contributed by atoms with van der Waals surface area (Å²) in [6.45, 7) is 1.26. The molecule has 0 bridgehead atoms. The number of likely N-dealkylation sites (N-methyl/N-ethyl adjacent to an activating group) is 1. The number of thiol groups is 1. The summed E-state index contributed by atoms with van der Waals surface area (Å²) >= 11 is 3.58. The highest BCUT2D eigenvalue weighted by molar-refractivity contribution is 7.86. The molecular formula is C16H29N5O17S5. The predicted molar refractivity (Wildman–Crippen MR) is 146 cm³/mol. The lowest BCUT2D eigenvalue weighted by atomic mass is 10.2. The van der Waals surface area contributed by atoms with Gasteiger partial charge >= 0.3 is 0 Å². The number of carbonyl (C=O) groups excluding carboxylic acids is 5. The van der Waals surface area contributed by atoms with Crippen LogP contribution in [0.15, 0.2) is 0 Å². The molecule has 0 spiro atoms. The Bertz CT molecular complexity index is 1490. The van der Waals surface area contributed by atoms with E-state index in [2.05, 4.69) is 17.9 Å². The minimum Gasteiger partial charge on any atom is -0.355 e. The second-order valence-corrected chi connectivity index (χ2v) is 14.7. The molecule has 0 rings (SSSR count). The van der Waals surface area contributed by atoms with Gasteiger partial charge in [-0.3, -0.25) is 42.2 Å². The van der Waals surface area contributed by atoms with E-state index in [1.54, 1.807) is 21.3 Å². The van der Waals surface area contributed by atoms with Crippen LogP contribution in [0.1, 0.15) is 6.92 Å². The molecule has 5 amide bonds. The molecule has 0 aromatic carbocycles. The van der Waals surface area contributed by atoms with Crippen molar-refractivity contribution in [2.75, 3.05) is 35.3 Å². The van der Waals surface area contributed by atoms with Crippen LogP contribution in [0, 0.1) is 0 Å². The zero-order chi connectivity index (χ0) is 34.0. The fourth-order valence-corrected chi connectivity index (χ4v) is 5.64. The molecule has 22 nitrogen and oxygen atoms in total. The van der Waals surface area contributed by atoms with Crippen LogP contribution in [0.4, 0.5) is 0 Å². The SMILES string of the molecule is CCNC(=O)[C@H](CS(=O)(=O)O)NC(=O)[C@H](CS(=O)(=O)O)NC(=O)[C@H](CS(=O)(=O)O)NC(=O)[C@H](CS(=O)(=O)O)NC(=O)CS. The van der Waals surface area contributed by atoms with E-state index >= 15 is 0 Å². The number of carbonyl (C=O) groups is 5. The van der Waals surface area contributed by atoms with Crippen molar-refractivity contribution in [3.8, 4) is 0 Å². The van der Waals surface area contributed by atoms with E-state index in [9.17, 15) is 66.7 Å². The summed E-state index contributed by atoms with van der Waals surface area (Å²) in [4.78, 5) is 62.0. The van der Waals surface area contributed by atoms with E-state index in [1.807, 2.05) is 0 Å². The summed E-state index contributed by atoms with van der Waals surface area (Å²) in [6, 6.07) is -9.26. The molecular weight excluding hydrogens is 695 g/mol. The van der Waals surface area contributed by atoms with Gasteiger partial charge in [-0.2, -0.15) is 46.3 Å². The van der Waals surface area contributed by atoms with Crippen LogP contribution >= 0.6 is 12.6 Å². The van der Waals surface area contributed by atoms with Gasteiger partial charge in [0.1, 0.15) is 47.2 Å². The smallest absolute Gasteiger partial charge is 0.267 e. The molecule has 0 aromatic rings. The third-order valence-electron chi connectivity index (χ3n) is 4.55. The molecule has 27 heteroatoms. The molecule has 0 aliphatic heterocycles. The first kappa shape index (κ1) is 40.3. The van der Waals surface area contributed by atoms with Crippen LogP contribution in [0.5, 0.6) is 0 Å². The van der Waals surface area contributed by atoms with E-state index < -0.39 is 123 Å². The maximum Gasteiger partial charge on any atom is 0.267 e. The van der Waals surface area contributed by atoms with Crippen molar-refractivity contribution in [3.05, 3.63) is 0 Å². The minimum atomic E-state index is -5.21. The Morgan fingerprint density at radius 3 is 1.02 bits per heavy atom. The van der Waals surface area contributed by atoms with Crippen molar-refractivity contribution < 1.29 is 75.9 Å². The second kappa shape index (κ2) is 16.4. The average Bonchev–Trinajstić information content (AvgIpc) is 2.78. The van der Waals surface area contributed by atoms with Crippen LogP contribution in [-0.4, -0.2) is 141 Å². The Labute approximate surface area is 250 Å². The fraction of sp³-hybridized carbons (Fsp3) is 0.688. The minimum absolute atomic E-state index is 0.119. The van der Waals surface area contributed by atoms with Crippen LogP contribution < -0.4 is 26.6 Å². The largest absolute Gasteiger partial charge is 0.355 e. The van der Waals surface area contributed by atoms with Crippen LogP contribution in [0.2, 0.25) is 0 Å². The maximum atomic E-state index is 12.9. The van der Waals surface area contributed by atoms with Crippen molar-refractivity contribution in [1.82, 2.24) is 26.6 Å². The Hall–Kier alpha value is -2.66. The molecule has 0 heterocycles. The highest BCUT2D eigenvalue weighted by atomic mass is 32.2. The lowest BCUT2D eigenvalue weighted by Gasteiger charge is -2.25. The Kier molecular flexibility index (Phi) is 15.4. The van der Waals surface area contributed by atoms with E-state index in [4.69, 9.17) is 9.11 Å². The molecule has 0 saturated carbocycles. The lowest BCUT2D eigenvalue weighted by Crippen LogP contribution is -2.61. The number of hydrogen-bond acceptors (Lipinski definition) is 14. The predicted octanol–water partition coefficient (Wildman–Crippen LogP) is -6.46. The Balaban J connectivity index is 6.38. The zero-order valence-electron chi connectivity index (χ0n) is 21.7. The number of amides is 5. The van der Waals surface area contributed by atoms with Gasteiger partial charge in [0.2, 0.25) is 29.5 Å². The lowest BCUT2D eigenvalue weighted by molar-refractivity contribution is -0.133. The summed E-state index contributed by atoms with van der Waals surface area (Å²) in [7, 11) is -20.4. The van der Waals surface area contributed by atoms with E-state index in [0.29, 0.717) is 0 Å². The van der Waals surface area contributed by atoms with Gasteiger partial charge in [0.25, 0.3) is 40.5 Å². The molecule has 0 aliphatic rings. The first-order valence-corrected chi connectivity index (χ1v) is 18.2. The third kappa shape index (κ3) is 18.6. The van der Waals surface area contributed by atoms with Gasteiger partial charge in [0.15, 0.2) is 0 Å². The summed E-state index contributed by atoms with van der Waals surface area (Å²) < 4.78 is 128. The number of nitrogens with one attached hydrogen (secondary N) is 5. The standard InChI is InChI=1S/C16H29N5O17S5/c1-2-17-13(23)8(4-40(27,28)29)19-15(25)10(6-42(33,34)35)21-16(26)11(7-43(36,37)38)20-14(24)9(5-41(30,31)32)18-12(22)3-39/h8-11,39H,2-7H2,1H3,(H,17,23)(H,18,22)(H,19,25)(H,20,24)(H,21,26)(H,27,28,29)(H,30,31,32)(H,33,34,35)(H,36,37,38)/t8-,9-,10-,11-/m0/s1. The molecule has 43 heavy (non-hydrogen) atoms. The topological polar surface area (TPSA) is 363 Å². The van der Waals surface area contributed by atoms with Gasteiger partial charge < -0.3 is 26.6 Å². The second-order valence-electron chi connectivity index (χ2n) is 8.35. The van der Waals surface area contributed by atoms with Gasteiger partial charge in [0.05, 0.1) is 5.75 Å². The normalized spacial score (nSPS) is 15.2. The van der Waals surface area contributed by atoms with Gasteiger partial charge in [-0.05, 0) is 6.92 Å². The zero-order valence-corrected chi connectivity index (χ0v) is 25.9. The van der Waals surface area contributed by atoms with Crippen LogP contribution in [-0.2, 0) is 64.4 Å². The van der Waals surface area contributed by atoms with Gasteiger partial charge in [0, 0.05) is 6.54 Å². The number of rotatable bonds is 18. The summed E-state index contributed by atoms with van der Waals surface area (Å²) in [6.07, 6.45) is 0. The highest BCUT2D eigenvalue weighted by Crippen LogP contribution is 2.02. The van der Waals surface area contributed by atoms with Gasteiger partial charge in [-0.25, -0.2) is 0 Å². The molecule has 0 aromatic heterocycles. The first-order chi connectivity index (χ1) is 19.3. The van der Waals surface area contributed by atoms with E-state index in [-0.39, 0.29) is 6.54 Å². The first-order valence-electron chi connectivity index (χ1n) is 11.2. The Morgan fingerprint density at radius 1 is 0.535 bits per heavy atom. The summed E-state index contributed by atoms with van der Waals surface area (Å²) in [5.74, 6) is -14.5. The number of hydrogen-bond donors (Lipinski definition) is 10.